The molecule has 2 aromatic heterocycles. The van der Waals surface area contributed by atoms with Gasteiger partial charge in [0.2, 0.25) is 0 Å². The number of morpholine rings is 1. The molecule has 4 rings (SSSR count). The first-order valence-corrected chi connectivity index (χ1v) is 8.89. The first kappa shape index (κ1) is 15.1. The Labute approximate surface area is 138 Å². The van der Waals surface area contributed by atoms with Crippen molar-refractivity contribution in [3.63, 3.8) is 0 Å². The van der Waals surface area contributed by atoms with Crippen molar-refractivity contribution in [3.05, 3.63) is 46.5 Å². The zero-order valence-corrected chi connectivity index (χ0v) is 13.5. The van der Waals surface area contributed by atoms with Crippen LogP contribution in [0.1, 0.15) is 18.4 Å². The maximum absolute atomic E-state index is 13.8. The van der Waals surface area contributed by atoms with E-state index >= 15 is 0 Å². The van der Waals surface area contributed by atoms with Crippen LogP contribution < -0.4 is 4.74 Å². The lowest BCUT2D eigenvalue weighted by molar-refractivity contribution is -0.0927. The van der Waals surface area contributed by atoms with Crippen LogP contribution in [0.5, 0.6) is 5.88 Å². The molecule has 122 valence electrons. The van der Waals surface area contributed by atoms with Crippen LogP contribution in [0.2, 0.25) is 0 Å². The van der Waals surface area contributed by atoms with E-state index in [9.17, 15) is 4.39 Å². The van der Waals surface area contributed by atoms with Gasteiger partial charge in [-0.25, -0.2) is 9.37 Å². The zero-order chi connectivity index (χ0) is 15.6. The summed E-state index contributed by atoms with van der Waals surface area (Å²) in [7, 11) is 0. The fraction of sp³-hybridized carbons (Fsp3) is 0.471. The molecule has 2 aromatic rings. The molecule has 1 aliphatic carbocycles. The monoisotopic (exact) mass is 334 g/mol. The van der Waals surface area contributed by atoms with Crippen LogP contribution in [0.25, 0.3) is 0 Å². The largest absolute Gasteiger partial charge is 0.469 e. The molecule has 2 aliphatic rings. The van der Waals surface area contributed by atoms with E-state index in [4.69, 9.17) is 9.47 Å². The highest BCUT2D eigenvalue weighted by molar-refractivity contribution is 7.07. The third kappa shape index (κ3) is 3.11. The molecule has 0 unspecified atom stereocenters. The van der Waals surface area contributed by atoms with Gasteiger partial charge in [-0.05, 0) is 47.4 Å². The topological polar surface area (TPSA) is 34.6 Å². The van der Waals surface area contributed by atoms with Gasteiger partial charge in [0.1, 0.15) is 12.2 Å². The highest BCUT2D eigenvalue weighted by Gasteiger charge is 2.44. The molecule has 0 radical (unpaired) electrons. The zero-order valence-electron chi connectivity index (χ0n) is 12.7. The Morgan fingerprint density at radius 2 is 2.35 bits per heavy atom. The summed E-state index contributed by atoms with van der Waals surface area (Å²) in [6.07, 6.45) is 3.29. The highest BCUT2D eigenvalue weighted by atomic mass is 32.1. The minimum absolute atomic E-state index is 0.0104. The van der Waals surface area contributed by atoms with Gasteiger partial charge in [0, 0.05) is 25.3 Å². The average Bonchev–Trinajstić information content (AvgIpc) is 3.20. The Bertz CT molecular complexity index is 652. The molecule has 0 amide bonds. The van der Waals surface area contributed by atoms with E-state index < -0.39 is 5.82 Å². The van der Waals surface area contributed by atoms with E-state index in [0.717, 1.165) is 25.9 Å². The van der Waals surface area contributed by atoms with Crippen LogP contribution in [0.4, 0.5) is 4.39 Å². The fourth-order valence-corrected chi connectivity index (χ4v) is 4.19. The normalized spacial score (nSPS) is 27.8. The second-order valence-corrected chi connectivity index (χ2v) is 6.81. The van der Waals surface area contributed by atoms with Crippen molar-refractivity contribution in [2.45, 2.75) is 37.6 Å². The van der Waals surface area contributed by atoms with Gasteiger partial charge in [0.15, 0.2) is 5.82 Å². The quantitative estimate of drug-likeness (QED) is 0.861. The van der Waals surface area contributed by atoms with Gasteiger partial charge in [0.05, 0.1) is 6.61 Å². The summed E-state index contributed by atoms with van der Waals surface area (Å²) in [6, 6.07) is 5.44. The third-order valence-electron chi connectivity index (χ3n) is 4.60. The molecule has 1 saturated heterocycles. The van der Waals surface area contributed by atoms with Gasteiger partial charge < -0.3 is 9.47 Å². The van der Waals surface area contributed by atoms with Gasteiger partial charge >= 0.3 is 0 Å². The summed E-state index contributed by atoms with van der Waals surface area (Å²) in [5.74, 6) is -0.335. The molecule has 6 heteroatoms. The van der Waals surface area contributed by atoms with E-state index in [2.05, 4.69) is 26.7 Å². The molecular weight excluding hydrogens is 315 g/mol. The average molecular weight is 334 g/mol. The predicted octanol–water partition coefficient (Wildman–Crippen LogP) is 3.09. The molecule has 1 aliphatic heterocycles. The standard InChI is InChI=1S/C17H19FN2O2S/c18-13-2-1-6-19-17(13)22-15-4-3-14-16(15)21-8-7-20(14)10-12-5-9-23-11-12/h1-2,5-6,9,11,14-16H,3-4,7-8,10H2/t14-,15+,16+/m0/s1. The number of hydrogen-bond donors (Lipinski definition) is 0. The van der Waals surface area contributed by atoms with E-state index in [1.807, 2.05) is 0 Å². The summed E-state index contributed by atoms with van der Waals surface area (Å²) in [5, 5.41) is 4.30. The molecule has 3 heterocycles. The highest BCUT2D eigenvalue weighted by Crippen LogP contribution is 2.34. The lowest BCUT2D eigenvalue weighted by Crippen LogP contribution is -2.51. The van der Waals surface area contributed by atoms with Crippen LogP contribution >= 0.6 is 11.3 Å². The maximum atomic E-state index is 13.8. The number of ether oxygens (including phenoxy) is 2. The lowest BCUT2D eigenvalue weighted by Gasteiger charge is -2.38. The molecule has 0 spiro atoms. The van der Waals surface area contributed by atoms with Gasteiger partial charge in [-0.1, -0.05) is 0 Å². The van der Waals surface area contributed by atoms with E-state index in [1.165, 1.54) is 11.6 Å². The Balaban J connectivity index is 1.46. The van der Waals surface area contributed by atoms with Crippen molar-refractivity contribution in [1.82, 2.24) is 9.88 Å². The molecule has 1 saturated carbocycles. The van der Waals surface area contributed by atoms with Crippen LogP contribution in [-0.4, -0.2) is 41.3 Å². The maximum Gasteiger partial charge on any atom is 0.250 e. The molecule has 3 atom stereocenters. The number of rotatable bonds is 4. The fourth-order valence-electron chi connectivity index (χ4n) is 3.53. The molecule has 4 nitrogen and oxygen atoms in total. The SMILES string of the molecule is Fc1cccnc1O[C@@H]1CC[C@H]2[C@H]1OCCN2Cc1ccsc1. The van der Waals surface area contributed by atoms with Gasteiger partial charge in [-0.15, -0.1) is 0 Å². The molecular formula is C17H19FN2O2S. The third-order valence-corrected chi connectivity index (χ3v) is 5.34. The van der Waals surface area contributed by atoms with E-state index in [0.29, 0.717) is 12.6 Å². The molecule has 23 heavy (non-hydrogen) atoms. The number of hydrogen-bond acceptors (Lipinski definition) is 5. The number of nitrogens with zero attached hydrogens (tertiary/aromatic N) is 2. The summed E-state index contributed by atoms with van der Waals surface area (Å²) in [6.45, 7) is 2.57. The number of fused-ring (bicyclic) bond motifs is 1. The Morgan fingerprint density at radius 3 is 3.17 bits per heavy atom. The first-order valence-electron chi connectivity index (χ1n) is 7.95. The summed E-state index contributed by atoms with van der Waals surface area (Å²) in [4.78, 5) is 6.46. The van der Waals surface area contributed by atoms with Gasteiger partial charge in [0.25, 0.3) is 5.88 Å². The minimum atomic E-state index is -0.415. The molecule has 2 fully saturated rings. The Morgan fingerprint density at radius 1 is 1.39 bits per heavy atom. The van der Waals surface area contributed by atoms with Crippen molar-refractivity contribution in [1.29, 1.82) is 0 Å². The first-order chi connectivity index (χ1) is 11.3. The summed E-state index contributed by atoms with van der Waals surface area (Å²) < 4.78 is 25.5. The Hall–Kier alpha value is -1.50. The number of halogens is 1. The summed E-state index contributed by atoms with van der Waals surface area (Å²) in [5.41, 5.74) is 1.34. The number of aromatic nitrogens is 1. The number of thiophene rings is 1. The van der Waals surface area contributed by atoms with Crippen molar-refractivity contribution in [2.24, 2.45) is 0 Å². The van der Waals surface area contributed by atoms with Crippen molar-refractivity contribution < 1.29 is 13.9 Å². The Kier molecular flexibility index (Phi) is 4.29. The van der Waals surface area contributed by atoms with Crippen LogP contribution in [0, 0.1) is 5.82 Å². The van der Waals surface area contributed by atoms with Crippen LogP contribution in [0.15, 0.2) is 35.2 Å². The van der Waals surface area contributed by atoms with Crippen LogP contribution in [0.3, 0.4) is 0 Å². The van der Waals surface area contributed by atoms with E-state index in [-0.39, 0.29) is 18.1 Å². The second-order valence-electron chi connectivity index (χ2n) is 6.03. The predicted molar refractivity (Wildman–Crippen MR) is 86.1 cm³/mol. The van der Waals surface area contributed by atoms with Gasteiger partial charge in [-0.2, -0.15) is 11.3 Å². The smallest absolute Gasteiger partial charge is 0.250 e. The molecule has 0 N–H and O–H groups in total. The van der Waals surface area contributed by atoms with Gasteiger partial charge in [-0.3, -0.25) is 4.90 Å². The molecule has 0 aromatic carbocycles. The lowest BCUT2D eigenvalue weighted by atomic mass is 10.1. The van der Waals surface area contributed by atoms with E-state index in [1.54, 1.807) is 23.6 Å². The van der Waals surface area contributed by atoms with Crippen molar-refractivity contribution >= 4 is 11.3 Å². The summed E-state index contributed by atoms with van der Waals surface area (Å²) >= 11 is 1.72. The van der Waals surface area contributed by atoms with Crippen LogP contribution in [-0.2, 0) is 11.3 Å². The molecule has 0 bridgehead atoms. The van der Waals surface area contributed by atoms with Crippen molar-refractivity contribution in [2.75, 3.05) is 13.2 Å². The minimum Gasteiger partial charge on any atom is -0.469 e. The van der Waals surface area contributed by atoms with Crippen molar-refractivity contribution in [3.8, 4) is 5.88 Å². The number of pyridine rings is 1. The second kappa shape index (κ2) is 6.55.